The lowest BCUT2D eigenvalue weighted by Gasteiger charge is -2.35. The summed E-state index contributed by atoms with van der Waals surface area (Å²) in [7, 11) is -3.71. The number of aromatic amines is 2. The van der Waals surface area contributed by atoms with Crippen molar-refractivity contribution in [1.82, 2.24) is 14.3 Å². The Kier molecular flexibility index (Phi) is 4.86. The Morgan fingerprint density at radius 1 is 0.857 bits per heavy atom. The molecule has 1 fully saturated rings. The summed E-state index contributed by atoms with van der Waals surface area (Å²) in [4.78, 5) is 30.0. The number of H-pyrrole nitrogens is 2. The molecule has 0 saturated carbocycles. The van der Waals surface area contributed by atoms with Crippen molar-refractivity contribution in [1.29, 1.82) is 0 Å². The summed E-state index contributed by atoms with van der Waals surface area (Å²) in [6, 6.07) is 12.2. The highest BCUT2D eigenvalue weighted by Crippen LogP contribution is 2.24. The topological polar surface area (TPSA) is 106 Å². The fraction of sp³-hybridized carbons (Fsp3) is 0.222. The van der Waals surface area contributed by atoms with Crippen molar-refractivity contribution in [2.24, 2.45) is 0 Å². The number of fused-ring (bicyclic) bond motifs is 1. The van der Waals surface area contributed by atoms with E-state index < -0.39 is 21.1 Å². The van der Waals surface area contributed by atoms with Gasteiger partial charge in [0.15, 0.2) is 0 Å². The summed E-state index contributed by atoms with van der Waals surface area (Å²) in [5, 5.41) is 0. The molecule has 2 N–H and O–H groups in total. The fourth-order valence-electron chi connectivity index (χ4n) is 3.26. The number of sulfonamides is 1. The van der Waals surface area contributed by atoms with Gasteiger partial charge in [-0.2, -0.15) is 4.31 Å². The average Bonchev–Trinajstić information content (AvgIpc) is 2.68. The molecule has 0 bridgehead atoms. The van der Waals surface area contributed by atoms with Gasteiger partial charge in [0.25, 0.3) is 0 Å². The lowest BCUT2D eigenvalue weighted by atomic mass is 10.2. The van der Waals surface area contributed by atoms with Gasteiger partial charge in [0.2, 0.25) is 10.0 Å². The highest BCUT2D eigenvalue weighted by Gasteiger charge is 2.29. The first kappa shape index (κ1) is 18.9. The Balaban J connectivity index is 1.57. The van der Waals surface area contributed by atoms with Gasteiger partial charge in [0.05, 0.1) is 15.9 Å². The Hall–Kier alpha value is -2.43. The van der Waals surface area contributed by atoms with Crippen molar-refractivity contribution >= 4 is 42.7 Å². The number of aromatic nitrogens is 2. The van der Waals surface area contributed by atoms with E-state index in [1.165, 1.54) is 22.5 Å². The largest absolute Gasteiger partial charge is 0.369 e. The molecule has 1 aliphatic heterocycles. The lowest BCUT2D eigenvalue weighted by molar-refractivity contribution is 0.385. The molecule has 28 heavy (non-hydrogen) atoms. The van der Waals surface area contributed by atoms with Gasteiger partial charge in [0.1, 0.15) is 0 Å². The van der Waals surface area contributed by atoms with Gasteiger partial charge < -0.3 is 14.9 Å². The molecule has 0 unspecified atom stereocenters. The lowest BCUT2D eigenvalue weighted by Crippen LogP contribution is -2.48. The number of halogens is 1. The van der Waals surface area contributed by atoms with Crippen LogP contribution in [0.1, 0.15) is 0 Å². The van der Waals surface area contributed by atoms with Crippen molar-refractivity contribution in [3.8, 4) is 0 Å². The van der Waals surface area contributed by atoms with Gasteiger partial charge in [-0.25, -0.2) is 8.42 Å². The molecular formula is C18H17BrN4O4S. The highest BCUT2D eigenvalue weighted by molar-refractivity contribution is 9.10. The number of nitrogens with zero attached hydrogens (tertiary/aromatic N) is 2. The van der Waals surface area contributed by atoms with E-state index in [0.717, 1.165) is 10.2 Å². The quantitative estimate of drug-likeness (QED) is 0.571. The number of hydrogen-bond acceptors (Lipinski definition) is 5. The predicted octanol–water partition coefficient (Wildman–Crippen LogP) is 1.49. The maximum Gasteiger partial charge on any atom is 0.314 e. The number of rotatable bonds is 3. The minimum absolute atomic E-state index is 0.0820. The monoisotopic (exact) mass is 464 g/mol. The molecule has 0 radical (unpaired) electrons. The van der Waals surface area contributed by atoms with Crippen LogP contribution in [0.15, 0.2) is 61.4 Å². The molecule has 0 amide bonds. The minimum atomic E-state index is -3.71. The third kappa shape index (κ3) is 3.50. The van der Waals surface area contributed by atoms with E-state index in [0.29, 0.717) is 31.7 Å². The number of piperazine rings is 1. The summed E-state index contributed by atoms with van der Waals surface area (Å²) in [5.41, 5.74) is 0.108. The van der Waals surface area contributed by atoms with Crippen molar-refractivity contribution in [3.63, 3.8) is 0 Å². The molecule has 2 heterocycles. The summed E-state index contributed by atoms with van der Waals surface area (Å²) in [6.07, 6.45) is 0. The van der Waals surface area contributed by atoms with Crippen LogP contribution < -0.4 is 16.0 Å². The van der Waals surface area contributed by atoms with Crippen LogP contribution in [0.3, 0.4) is 0 Å². The summed E-state index contributed by atoms with van der Waals surface area (Å²) >= 11 is 3.45. The molecule has 10 heteroatoms. The molecule has 0 atom stereocenters. The Morgan fingerprint density at radius 2 is 1.54 bits per heavy atom. The zero-order chi connectivity index (χ0) is 19.9. The van der Waals surface area contributed by atoms with E-state index in [9.17, 15) is 18.0 Å². The van der Waals surface area contributed by atoms with E-state index in [4.69, 9.17) is 0 Å². The molecule has 3 aromatic rings. The Bertz CT molecular complexity index is 1260. The molecule has 146 valence electrons. The molecule has 0 aliphatic carbocycles. The SMILES string of the molecule is O=c1[nH]c2ccc(S(=O)(=O)N3CCN(c4cccc(Br)c4)CC3)cc2[nH]c1=O. The maximum absolute atomic E-state index is 13.0. The third-order valence-corrected chi connectivity index (χ3v) is 7.13. The average molecular weight is 465 g/mol. The van der Waals surface area contributed by atoms with E-state index in [1.54, 1.807) is 0 Å². The summed E-state index contributed by atoms with van der Waals surface area (Å²) in [6.45, 7) is 1.87. The molecule has 2 aromatic carbocycles. The maximum atomic E-state index is 13.0. The Morgan fingerprint density at radius 3 is 2.21 bits per heavy atom. The summed E-state index contributed by atoms with van der Waals surface area (Å²) in [5.74, 6) is 0. The third-order valence-electron chi connectivity index (χ3n) is 4.74. The van der Waals surface area contributed by atoms with Crippen LogP contribution in [0.4, 0.5) is 5.69 Å². The van der Waals surface area contributed by atoms with Crippen molar-refractivity contribution in [3.05, 3.63) is 67.6 Å². The normalized spacial score (nSPS) is 15.8. The predicted molar refractivity (Wildman–Crippen MR) is 110 cm³/mol. The fourth-order valence-corrected chi connectivity index (χ4v) is 5.10. The summed E-state index contributed by atoms with van der Waals surface area (Å²) < 4.78 is 28.4. The van der Waals surface area contributed by atoms with Gasteiger partial charge in [-0.1, -0.05) is 22.0 Å². The first-order valence-corrected chi connectivity index (χ1v) is 10.8. The number of anilines is 1. The van der Waals surface area contributed by atoms with Gasteiger partial charge in [-0.05, 0) is 36.4 Å². The van der Waals surface area contributed by atoms with Crippen LogP contribution in [0.2, 0.25) is 0 Å². The first-order valence-electron chi connectivity index (χ1n) is 8.62. The van der Waals surface area contributed by atoms with E-state index in [2.05, 4.69) is 30.8 Å². The van der Waals surface area contributed by atoms with Gasteiger partial charge in [0, 0.05) is 36.3 Å². The molecule has 1 saturated heterocycles. The number of benzene rings is 2. The van der Waals surface area contributed by atoms with Gasteiger partial charge in [-0.3, -0.25) is 9.59 Å². The van der Waals surface area contributed by atoms with Gasteiger partial charge >= 0.3 is 11.1 Å². The van der Waals surface area contributed by atoms with Crippen molar-refractivity contribution in [2.75, 3.05) is 31.1 Å². The van der Waals surface area contributed by atoms with E-state index in [-0.39, 0.29) is 10.4 Å². The standard InChI is InChI=1S/C18H17BrN4O4S/c19-12-2-1-3-13(10-12)22-6-8-23(9-7-22)28(26,27)14-4-5-15-16(11-14)21-18(25)17(24)20-15/h1-5,10-11H,6-9H2,(H,20,24)(H,21,25). The second kappa shape index (κ2) is 7.19. The first-order chi connectivity index (χ1) is 13.3. The van der Waals surface area contributed by atoms with Gasteiger partial charge in [-0.15, -0.1) is 0 Å². The molecule has 0 spiro atoms. The molecule has 1 aliphatic rings. The smallest absolute Gasteiger partial charge is 0.314 e. The molecule has 4 rings (SSSR count). The highest BCUT2D eigenvalue weighted by atomic mass is 79.9. The van der Waals surface area contributed by atoms with Crippen LogP contribution in [-0.2, 0) is 10.0 Å². The zero-order valence-electron chi connectivity index (χ0n) is 14.7. The van der Waals surface area contributed by atoms with Crippen LogP contribution in [0.25, 0.3) is 11.0 Å². The zero-order valence-corrected chi connectivity index (χ0v) is 17.1. The van der Waals surface area contributed by atoms with E-state index >= 15 is 0 Å². The minimum Gasteiger partial charge on any atom is -0.369 e. The van der Waals surface area contributed by atoms with Crippen molar-refractivity contribution < 1.29 is 8.42 Å². The number of nitrogens with one attached hydrogen (secondary N) is 2. The van der Waals surface area contributed by atoms with E-state index in [1.807, 2.05) is 24.3 Å². The molecular weight excluding hydrogens is 448 g/mol. The van der Waals surface area contributed by atoms with Crippen LogP contribution in [0, 0.1) is 0 Å². The molecule has 8 nitrogen and oxygen atoms in total. The second-order valence-electron chi connectivity index (χ2n) is 6.49. The molecule has 1 aromatic heterocycles. The number of hydrogen-bond donors (Lipinski definition) is 2. The van der Waals surface area contributed by atoms with Crippen LogP contribution in [-0.4, -0.2) is 48.9 Å². The second-order valence-corrected chi connectivity index (χ2v) is 9.34. The van der Waals surface area contributed by atoms with Crippen molar-refractivity contribution in [2.45, 2.75) is 4.90 Å². The van der Waals surface area contributed by atoms with Crippen LogP contribution >= 0.6 is 15.9 Å². The van der Waals surface area contributed by atoms with Crippen LogP contribution in [0.5, 0.6) is 0 Å². The Labute approximate surface area is 169 Å².